The van der Waals surface area contributed by atoms with Crippen LogP contribution >= 0.6 is 0 Å². The van der Waals surface area contributed by atoms with Gasteiger partial charge in [-0.25, -0.2) is 4.52 Å². The summed E-state index contributed by atoms with van der Waals surface area (Å²) in [6, 6.07) is 20.0. The quantitative estimate of drug-likeness (QED) is 0.355. The first kappa shape index (κ1) is 24.7. The third kappa shape index (κ3) is 5.71. The van der Waals surface area contributed by atoms with Crippen LogP contribution in [0.2, 0.25) is 0 Å². The minimum atomic E-state index is -4.69. The molecule has 0 atom stereocenters. The Labute approximate surface area is 212 Å². The molecule has 1 saturated heterocycles. The van der Waals surface area contributed by atoms with Gasteiger partial charge >= 0.3 is 6.36 Å². The molecule has 0 saturated carbocycles. The highest BCUT2D eigenvalue weighted by Gasteiger charge is 2.31. The van der Waals surface area contributed by atoms with Gasteiger partial charge in [0.15, 0.2) is 0 Å². The molecule has 1 amide bonds. The van der Waals surface area contributed by atoms with Crippen molar-refractivity contribution in [3.8, 4) is 5.75 Å². The van der Waals surface area contributed by atoms with E-state index >= 15 is 0 Å². The van der Waals surface area contributed by atoms with Crippen LogP contribution in [0, 0.1) is 6.92 Å². The van der Waals surface area contributed by atoms with Gasteiger partial charge in [-0.1, -0.05) is 30.3 Å². The van der Waals surface area contributed by atoms with E-state index < -0.39 is 6.36 Å². The largest absolute Gasteiger partial charge is 0.573 e. The molecule has 5 rings (SSSR count). The molecule has 9 heteroatoms. The predicted octanol–water partition coefficient (Wildman–Crippen LogP) is 5.86. The number of rotatable bonds is 6. The Morgan fingerprint density at radius 3 is 2.41 bits per heavy atom. The van der Waals surface area contributed by atoms with Crippen LogP contribution in [0.25, 0.3) is 5.52 Å². The number of carbonyl (C=O) groups excluding carboxylic acids is 1. The number of carbonyl (C=O) groups is 1. The number of nitrogens with one attached hydrogen (secondary N) is 1. The Kier molecular flexibility index (Phi) is 6.78. The lowest BCUT2D eigenvalue weighted by molar-refractivity contribution is -0.274. The summed E-state index contributed by atoms with van der Waals surface area (Å²) < 4.78 is 42.8. The summed E-state index contributed by atoms with van der Waals surface area (Å²) in [5.41, 5.74) is 5.22. The minimum absolute atomic E-state index is 0.145. The highest BCUT2D eigenvalue weighted by Crippen LogP contribution is 2.32. The third-order valence-corrected chi connectivity index (χ3v) is 6.78. The zero-order chi connectivity index (χ0) is 26.0. The highest BCUT2D eigenvalue weighted by molar-refractivity contribution is 6.01. The van der Waals surface area contributed by atoms with Crippen molar-refractivity contribution < 1.29 is 22.7 Å². The Morgan fingerprint density at radius 2 is 1.73 bits per heavy atom. The fourth-order valence-electron chi connectivity index (χ4n) is 4.91. The van der Waals surface area contributed by atoms with E-state index in [1.807, 2.05) is 43.5 Å². The minimum Gasteiger partial charge on any atom is -0.406 e. The fraction of sp³-hybridized carbons (Fsp3) is 0.286. The molecule has 6 nitrogen and oxygen atoms in total. The van der Waals surface area contributed by atoms with Crippen LogP contribution in [0.1, 0.15) is 45.9 Å². The van der Waals surface area contributed by atoms with Crippen molar-refractivity contribution in [2.45, 2.75) is 38.6 Å². The van der Waals surface area contributed by atoms with E-state index in [0.29, 0.717) is 23.7 Å². The Hall–Kier alpha value is -4.01. The van der Waals surface area contributed by atoms with Gasteiger partial charge in [0.25, 0.3) is 5.91 Å². The zero-order valence-corrected chi connectivity index (χ0v) is 20.3. The average molecular weight is 509 g/mol. The number of pyridine rings is 1. The summed E-state index contributed by atoms with van der Waals surface area (Å²) in [7, 11) is 0. The van der Waals surface area contributed by atoms with Gasteiger partial charge in [-0.15, -0.1) is 13.2 Å². The molecule has 0 spiro atoms. The lowest BCUT2D eigenvalue weighted by Gasteiger charge is -2.34. The van der Waals surface area contributed by atoms with E-state index in [4.69, 9.17) is 0 Å². The van der Waals surface area contributed by atoms with Crippen LogP contribution in [0.5, 0.6) is 5.75 Å². The molecule has 0 aliphatic carbocycles. The van der Waals surface area contributed by atoms with Crippen molar-refractivity contribution in [2.24, 2.45) is 0 Å². The number of aromatic nitrogens is 2. The first-order valence-corrected chi connectivity index (χ1v) is 12.2. The maximum absolute atomic E-state index is 12.8. The monoisotopic (exact) mass is 508 g/mol. The predicted molar refractivity (Wildman–Crippen MR) is 135 cm³/mol. The number of benzene rings is 2. The SMILES string of the molecule is Cc1nn2ccccc2c1C(=O)NCc1ccc(C2CCN(c3ccc(OC(F)(F)F)cc3)CC2)cc1. The number of alkyl halides is 3. The average Bonchev–Trinajstić information content (AvgIpc) is 3.23. The van der Waals surface area contributed by atoms with Crippen molar-refractivity contribution in [2.75, 3.05) is 18.0 Å². The second-order valence-corrected chi connectivity index (χ2v) is 9.22. The number of fused-ring (bicyclic) bond motifs is 1. The van der Waals surface area contributed by atoms with Crippen LogP contribution < -0.4 is 15.0 Å². The molecule has 1 aliphatic heterocycles. The maximum atomic E-state index is 12.8. The van der Waals surface area contributed by atoms with Gasteiger partial charge in [0.2, 0.25) is 0 Å². The van der Waals surface area contributed by atoms with Crippen LogP contribution in [-0.4, -0.2) is 35.0 Å². The van der Waals surface area contributed by atoms with Crippen LogP contribution in [0.4, 0.5) is 18.9 Å². The first-order valence-electron chi connectivity index (χ1n) is 12.2. The molecule has 1 N–H and O–H groups in total. The zero-order valence-electron chi connectivity index (χ0n) is 20.3. The molecule has 1 aliphatic rings. The lowest BCUT2D eigenvalue weighted by atomic mass is 9.89. The number of amides is 1. The molecule has 2 aromatic carbocycles. The van der Waals surface area contributed by atoms with E-state index in [0.717, 1.165) is 42.7 Å². The number of anilines is 1. The second kappa shape index (κ2) is 10.2. The molecule has 0 unspecified atom stereocenters. The number of aryl methyl sites for hydroxylation is 1. The molecule has 0 radical (unpaired) electrons. The highest BCUT2D eigenvalue weighted by atomic mass is 19.4. The summed E-state index contributed by atoms with van der Waals surface area (Å²) in [4.78, 5) is 15.0. The molecular formula is C28H27F3N4O2. The molecule has 2 aromatic heterocycles. The topological polar surface area (TPSA) is 58.9 Å². The summed E-state index contributed by atoms with van der Waals surface area (Å²) in [6.45, 7) is 3.90. The maximum Gasteiger partial charge on any atom is 0.573 e. The fourth-order valence-corrected chi connectivity index (χ4v) is 4.91. The van der Waals surface area contributed by atoms with Crippen LogP contribution in [-0.2, 0) is 6.54 Å². The van der Waals surface area contributed by atoms with Crippen molar-refractivity contribution in [1.29, 1.82) is 0 Å². The van der Waals surface area contributed by atoms with Gasteiger partial charge in [0, 0.05) is 31.5 Å². The second-order valence-electron chi connectivity index (χ2n) is 9.22. The van der Waals surface area contributed by atoms with Gasteiger partial charge in [0.1, 0.15) is 5.75 Å². The van der Waals surface area contributed by atoms with E-state index in [9.17, 15) is 18.0 Å². The smallest absolute Gasteiger partial charge is 0.406 e. The third-order valence-electron chi connectivity index (χ3n) is 6.78. The van der Waals surface area contributed by atoms with Crippen molar-refractivity contribution in [1.82, 2.24) is 14.9 Å². The van der Waals surface area contributed by atoms with Crippen LogP contribution in [0.3, 0.4) is 0 Å². The van der Waals surface area contributed by atoms with E-state index in [-0.39, 0.29) is 11.7 Å². The number of piperidine rings is 1. The molecule has 192 valence electrons. The number of hydrogen-bond acceptors (Lipinski definition) is 4. The number of nitrogens with zero attached hydrogens (tertiary/aromatic N) is 3. The lowest BCUT2D eigenvalue weighted by Crippen LogP contribution is -2.32. The molecular weight excluding hydrogens is 481 g/mol. The van der Waals surface area contributed by atoms with Gasteiger partial charge in [-0.2, -0.15) is 5.10 Å². The van der Waals surface area contributed by atoms with Crippen molar-refractivity contribution >= 4 is 17.1 Å². The molecule has 4 aromatic rings. The van der Waals surface area contributed by atoms with E-state index in [1.54, 1.807) is 16.6 Å². The van der Waals surface area contributed by atoms with E-state index in [2.05, 4.69) is 32.2 Å². The number of ether oxygens (including phenoxy) is 1. The molecule has 37 heavy (non-hydrogen) atoms. The summed E-state index contributed by atoms with van der Waals surface area (Å²) >= 11 is 0. The summed E-state index contributed by atoms with van der Waals surface area (Å²) in [5, 5.41) is 7.40. The molecule has 1 fully saturated rings. The van der Waals surface area contributed by atoms with Gasteiger partial charge in [-0.3, -0.25) is 4.79 Å². The summed E-state index contributed by atoms with van der Waals surface area (Å²) in [5.74, 6) is 0.0542. The summed E-state index contributed by atoms with van der Waals surface area (Å²) in [6.07, 6.45) is -0.962. The van der Waals surface area contributed by atoms with Gasteiger partial charge < -0.3 is 15.0 Å². The molecule has 3 heterocycles. The molecule has 0 bridgehead atoms. The Bertz CT molecular complexity index is 1370. The van der Waals surface area contributed by atoms with Gasteiger partial charge in [-0.05, 0) is 73.2 Å². The Morgan fingerprint density at radius 1 is 1.03 bits per heavy atom. The first-order chi connectivity index (χ1) is 17.8. The number of halogens is 3. The van der Waals surface area contributed by atoms with Crippen molar-refractivity contribution in [3.63, 3.8) is 0 Å². The van der Waals surface area contributed by atoms with Gasteiger partial charge in [0.05, 0.1) is 16.8 Å². The van der Waals surface area contributed by atoms with Crippen molar-refractivity contribution in [3.05, 3.63) is 95.3 Å². The normalized spacial score (nSPS) is 14.6. The number of hydrogen-bond donors (Lipinski definition) is 1. The standard InChI is InChI=1S/C28H27F3N4O2/c1-19-26(25-4-2-3-15-35(25)33-19)27(36)32-18-20-5-7-21(8-6-20)22-13-16-34(17-14-22)23-9-11-24(12-10-23)37-28(29,30)31/h2-12,15,22H,13-14,16-18H2,1H3,(H,32,36). The Balaban J connectivity index is 1.14. The van der Waals surface area contributed by atoms with Crippen LogP contribution in [0.15, 0.2) is 72.9 Å². The van der Waals surface area contributed by atoms with E-state index in [1.165, 1.54) is 17.7 Å².